The first-order valence-electron chi connectivity index (χ1n) is 8.04. The number of amides is 1. The van der Waals surface area contributed by atoms with Crippen molar-refractivity contribution in [2.75, 3.05) is 13.2 Å². The van der Waals surface area contributed by atoms with E-state index < -0.39 is 21.9 Å². The first-order valence-corrected chi connectivity index (χ1v) is 9.48. The number of carbonyl (C=O) groups is 2. The Morgan fingerprint density at radius 3 is 2.65 bits per heavy atom. The predicted octanol–water partition coefficient (Wildman–Crippen LogP) is 2.11. The molecule has 0 aliphatic carbocycles. The van der Waals surface area contributed by atoms with Crippen molar-refractivity contribution in [1.82, 2.24) is 9.46 Å². The van der Waals surface area contributed by atoms with Gasteiger partial charge in [-0.2, -0.15) is 0 Å². The highest BCUT2D eigenvalue weighted by Gasteiger charge is 2.40. The van der Waals surface area contributed by atoms with Crippen LogP contribution in [0.4, 0.5) is 0 Å². The smallest absolute Gasteiger partial charge is 0.343 e. The number of nitrogens with zero attached hydrogens (tertiary/aromatic N) is 2. The molecule has 2 aromatic rings. The van der Waals surface area contributed by atoms with Gasteiger partial charge in [0.2, 0.25) is 0 Å². The molecule has 0 atom stereocenters. The number of aryl methyl sites for hydroxylation is 1. The summed E-state index contributed by atoms with van der Waals surface area (Å²) in [5.74, 6) is -0.937. The molecule has 9 heteroatoms. The first kappa shape index (κ1) is 18.1. The Kier molecular flexibility index (Phi) is 4.57. The summed E-state index contributed by atoms with van der Waals surface area (Å²) in [5, 5.41) is 3.77. The SMILES string of the molecule is Cc1noc(C(C)C)c1C(=O)OCCN1C(=O)c2ccccc2S1(=O)=O. The standard InChI is InChI=1S/C17H18N2O6S/c1-10(2)15-14(11(3)18-25-15)17(21)24-9-8-19-16(20)12-6-4-5-7-13(12)26(19,22)23/h4-7,10H,8-9H2,1-3H3. The second-order valence-electron chi connectivity index (χ2n) is 6.18. The Hall–Kier alpha value is -2.68. The third-order valence-corrected chi connectivity index (χ3v) is 5.90. The molecule has 0 saturated carbocycles. The number of carbonyl (C=O) groups excluding carboxylic acids is 2. The molecule has 1 aromatic heterocycles. The quantitative estimate of drug-likeness (QED) is 0.733. The number of aromatic nitrogens is 1. The van der Waals surface area contributed by atoms with Crippen LogP contribution in [0.15, 0.2) is 33.7 Å². The molecule has 138 valence electrons. The maximum Gasteiger partial charge on any atom is 0.343 e. The number of fused-ring (bicyclic) bond motifs is 1. The van der Waals surface area contributed by atoms with Crippen LogP contribution in [0.2, 0.25) is 0 Å². The minimum atomic E-state index is -3.92. The minimum absolute atomic E-state index is 0.0340. The average molecular weight is 378 g/mol. The fraction of sp³-hybridized carbons (Fsp3) is 0.353. The van der Waals surface area contributed by atoms with E-state index in [1.807, 2.05) is 13.8 Å². The third-order valence-electron chi connectivity index (χ3n) is 4.06. The number of hydrogen-bond acceptors (Lipinski definition) is 7. The van der Waals surface area contributed by atoms with E-state index >= 15 is 0 Å². The van der Waals surface area contributed by atoms with Gasteiger partial charge in [-0.05, 0) is 19.1 Å². The van der Waals surface area contributed by atoms with Gasteiger partial charge in [-0.1, -0.05) is 31.1 Å². The lowest BCUT2D eigenvalue weighted by Crippen LogP contribution is -2.33. The van der Waals surface area contributed by atoms with Gasteiger partial charge in [0.15, 0.2) is 5.76 Å². The van der Waals surface area contributed by atoms with E-state index in [-0.39, 0.29) is 35.1 Å². The molecule has 1 amide bonds. The molecule has 1 aromatic carbocycles. The van der Waals surface area contributed by atoms with Gasteiger partial charge in [-0.3, -0.25) is 4.79 Å². The fourth-order valence-electron chi connectivity index (χ4n) is 2.78. The Bertz CT molecular complexity index is 977. The summed E-state index contributed by atoms with van der Waals surface area (Å²) in [7, 11) is -3.92. The molecule has 0 N–H and O–H groups in total. The number of rotatable bonds is 5. The topological polar surface area (TPSA) is 107 Å². The van der Waals surface area contributed by atoms with Crippen LogP contribution >= 0.6 is 0 Å². The van der Waals surface area contributed by atoms with Gasteiger partial charge in [0.25, 0.3) is 15.9 Å². The van der Waals surface area contributed by atoms with E-state index in [9.17, 15) is 18.0 Å². The molecule has 0 spiro atoms. The van der Waals surface area contributed by atoms with Crippen molar-refractivity contribution in [3.8, 4) is 0 Å². The Balaban J connectivity index is 1.71. The van der Waals surface area contributed by atoms with E-state index in [1.54, 1.807) is 19.1 Å². The third kappa shape index (κ3) is 2.88. The van der Waals surface area contributed by atoms with Gasteiger partial charge in [0.1, 0.15) is 17.1 Å². The van der Waals surface area contributed by atoms with E-state index in [4.69, 9.17) is 9.26 Å². The molecule has 2 heterocycles. The number of esters is 1. The lowest BCUT2D eigenvalue weighted by atomic mass is 10.1. The Labute approximate surface area is 150 Å². The molecule has 1 aliphatic heterocycles. The lowest BCUT2D eigenvalue weighted by molar-refractivity contribution is 0.0474. The van der Waals surface area contributed by atoms with E-state index in [2.05, 4.69) is 5.16 Å². The van der Waals surface area contributed by atoms with Gasteiger partial charge in [0, 0.05) is 5.92 Å². The molecule has 1 aliphatic rings. The number of sulfonamides is 1. The lowest BCUT2D eigenvalue weighted by Gasteiger charge is -2.15. The number of benzene rings is 1. The molecule has 0 unspecified atom stereocenters. The van der Waals surface area contributed by atoms with Crippen LogP contribution in [0.3, 0.4) is 0 Å². The maximum atomic E-state index is 12.4. The van der Waals surface area contributed by atoms with Crippen molar-refractivity contribution >= 4 is 21.9 Å². The molecule has 0 radical (unpaired) electrons. The van der Waals surface area contributed by atoms with Crippen LogP contribution in [-0.4, -0.2) is 42.9 Å². The van der Waals surface area contributed by atoms with Gasteiger partial charge in [-0.15, -0.1) is 0 Å². The highest BCUT2D eigenvalue weighted by molar-refractivity contribution is 7.90. The normalized spacial score (nSPS) is 15.4. The van der Waals surface area contributed by atoms with Crippen LogP contribution in [0.5, 0.6) is 0 Å². The molecule has 8 nitrogen and oxygen atoms in total. The van der Waals surface area contributed by atoms with E-state index in [0.717, 1.165) is 4.31 Å². The Morgan fingerprint density at radius 1 is 1.31 bits per heavy atom. The Morgan fingerprint density at radius 2 is 2.00 bits per heavy atom. The van der Waals surface area contributed by atoms with Crippen molar-refractivity contribution in [3.05, 3.63) is 46.8 Å². The van der Waals surface area contributed by atoms with Gasteiger partial charge in [0.05, 0.1) is 17.8 Å². The van der Waals surface area contributed by atoms with Crippen molar-refractivity contribution in [1.29, 1.82) is 0 Å². The summed E-state index contributed by atoms with van der Waals surface area (Å²) in [4.78, 5) is 24.6. The summed E-state index contributed by atoms with van der Waals surface area (Å²) in [6, 6.07) is 5.98. The van der Waals surface area contributed by atoms with Crippen molar-refractivity contribution in [3.63, 3.8) is 0 Å². The van der Waals surface area contributed by atoms with Crippen molar-refractivity contribution in [2.45, 2.75) is 31.6 Å². The van der Waals surface area contributed by atoms with E-state index in [0.29, 0.717) is 11.5 Å². The average Bonchev–Trinajstić information content (AvgIpc) is 3.07. The zero-order valence-corrected chi connectivity index (χ0v) is 15.4. The monoisotopic (exact) mass is 378 g/mol. The van der Waals surface area contributed by atoms with Gasteiger partial charge >= 0.3 is 5.97 Å². The zero-order valence-electron chi connectivity index (χ0n) is 14.6. The second-order valence-corrected chi connectivity index (χ2v) is 8.01. The number of ether oxygens (including phenoxy) is 1. The molecule has 3 rings (SSSR count). The summed E-state index contributed by atoms with van der Waals surface area (Å²) in [6.07, 6.45) is 0. The summed E-state index contributed by atoms with van der Waals surface area (Å²) in [5.41, 5.74) is 0.755. The van der Waals surface area contributed by atoms with Crippen LogP contribution in [0.1, 0.15) is 51.9 Å². The zero-order chi connectivity index (χ0) is 19.1. The predicted molar refractivity (Wildman–Crippen MR) is 90.3 cm³/mol. The fourth-order valence-corrected chi connectivity index (χ4v) is 4.33. The van der Waals surface area contributed by atoms with Gasteiger partial charge < -0.3 is 9.26 Å². The van der Waals surface area contributed by atoms with Crippen LogP contribution in [0, 0.1) is 6.92 Å². The number of hydrogen-bond donors (Lipinski definition) is 0. The largest absolute Gasteiger partial charge is 0.460 e. The second kappa shape index (κ2) is 6.56. The van der Waals surface area contributed by atoms with Crippen LogP contribution < -0.4 is 0 Å². The summed E-state index contributed by atoms with van der Waals surface area (Å²) in [6.45, 7) is 4.80. The molecule has 0 fully saturated rings. The van der Waals surface area contributed by atoms with Crippen LogP contribution in [0.25, 0.3) is 0 Å². The van der Waals surface area contributed by atoms with Gasteiger partial charge in [-0.25, -0.2) is 17.5 Å². The van der Waals surface area contributed by atoms with Crippen LogP contribution in [-0.2, 0) is 14.8 Å². The highest BCUT2D eigenvalue weighted by atomic mass is 32.2. The molecule has 0 bridgehead atoms. The highest BCUT2D eigenvalue weighted by Crippen LogP contribution is 2.29. The summed E-state index contributed by atoms with van der Waals surface area (Å²) < 4.78 is 35.9. The first-order chi connectivity index (χ1) is 12.2. The van der Waals surface area contributed by atoms with Crippen molar-refractivity contribution in [2.24, 2.45) is 0 Å². The van der Waals surface area contributed by atoms with E-state index in [1.165, 1.54) is 12.1 Å². The molecular weight excluding hydrogens is 360 g/mol. The molecule has 26 heavy (non-hydrogen) atoms. The molecule has 0 saturated heterocycles. The molecular formula is C17H18N2O6S. The maximum absolute atomic E-state index is 12.4. The summed E-state index contributed by atoms with van der Waals surface area (Å²) >= 11 is 0. The van der Waals surface area contributed by atoms with Crippen molar-refractivity contribution < 1.29 is 27.3 Å². The minimum Gasteiger partial charge on any atom is -0.460 e.